The van der Waals surface area contributed by atoms with Gasteiger partial charge in [-0.3, -0.25) is 0 Å². The Kier molecular flexibility index (Phi) is 24.6. The number of benzene rings is 2. The minimum atomic E-state index is -4.60. The molecule has 0 radical (unpaired) electrons. The summed E-state index contributed by atoms with van der Waals surface area (Å²) in [6, 6.07) is 7.87. The molecule has 0 atom stereocenters. The van der Waals surface area contributed by atoms with Crippen LogP contribution in [0.25, 0.3) is 10.8 Å². The van der Waals surface area contributed by atoms with Crippen LogP contribution in [0.4, 0.5) is 0 Å². The third-order valence-corrected chi connectivity index (χ3v) is 10.6. The first-order valence-corrected chi connectivity index (χ1v) is 20.4. The molecule has 0 saturated heterocycles. The average molecular weight is 635 g/mol. The Labute approximate surface area is 291 Å². The molecule has 0 aliphatic heterocycles. The Balaban J connectivity index is 0.0000101. The van der Waals surface area contributed by atoms with E-state index in [9.17, 15) is 13.0 Å². The van der Waals surface area contributed by atoms with E-state index in [0.717, 1.165) is 49.5 Å². The number of fused-ring (bicyclic) bond motifs is 1. The Bertz CT molecular complexity index is 1130. The summed E-state index contributed by atoms with van der Waals surface area (Å²) in [5.74, 6) is 0. The predicted molar refractivity (Wildman–Crippen MR) is 191 cm³/mol. The van der Waals surface area contributed by atoms with Gasteiger partial charge in [0.15, 0.2) is 0 Å². The van der Waals surface area contributed by atoms with Crippen molar-refractivity contribution in [3.63, 3.8) is 0 Å². The summed E-state index contributed by atoms with van der Waals surface area (Å²) in [6.45, 7) is 6.78. The Morgan fingerprint density at radius 2 is 0.756 bits per heavy atom. The molecule has 0 aromatic heterocycles. The number of unbranched alkanes of at least 4 members (excludes halogenated alkanes) is 21. The molecule has 2 rings (SSSR count). The van der Waals surface area contributed by atoms with Crippen molar-refractivity contribution < 1.29 is 31.8 Å². The van der Waals surface area contributed by atoms with Crippen LogP contribution in [-0.4, -0.2) is 13.0 Å². The Morgan fingerprint density at radius 3 is 1.13 bits per heavy atom. The SMILES string of the molecule is CCCCCCCCCCc1c(CCCCCCCCCC)c(S(=O)(=O)[O-])c2ccccc2c1CCCCCCCCCC.[Li+]. The first-order chi connectivity index (χ1) is 21.5. The van der Waals surface area contributed by atoms with E-state index in [4.69, 9.17) is 0 Å². The van der Waals surface area contributed by atoms with Crippen molar-refractivity contribution in [2.45, 2.75) is 199 Å². The minimum absolute atomic E-state index is 0. The second-order valence-corrected chi connectivity index (χ2v) is 14.8. The molecule has 2 aromatic carbocycles. The van der Waals surface area contributed by atoms with E-state index in [-0.39, 0.29) is 23.8 Å². The first kappa shape index (κ1) is 42.2. The fourth-order valence-corrected chi connectivity index (χ4v) is 8.01. The van der Waals surface area contributed by atoms with Crippen molar-refractivity contribution in [2.75, 3.05) is 0 Å². The largest absolute Gasteiger partial charge is 1.00 e. The molecule has 0 heterocycles. The molecule has 2 aromatic rings. The molecule has 0 unspecified atom stereocenters. The number of aryl methyl sites for hydroxylation is 1. The second-order valence-electron chi connectivity index (χ2n) is 13.4. The van der Waals surface area contributed by atoms with Crippen molar-refractivity contribution in [2.24, 2.45) is 0 Å². The molecule has 0 N–H and O–H groups in total. The van der Waals surface area contributed by atoms with Gasteiger partial charge in [0.05, 0.1) is 4.90 Å². The zero-order valence-corrected chi connectivity index (χ0v) is 30.9. The van der Waals surface area contributed by atoms with E-state index in [1.54, 1.807) is 0 Å². The maximum absolute atomic E-state index is 12.9. The van der Waals surface area contributed by atoms with Gasteiger partial charge in [0.2, 0.25) is 0 Å². The average Bonchev–Trinajstić information content (AvgIpc) is 3.00. The molecule has 5 heteroatoms. The van der Waals surface area contributed by atoms with Gasteiger partial charge in [0.1, 0.15) is 10.1 Å². The number of rotatable bonds is 28. The fraction of sp³-hybridized carbons (Fsp3) is 0.750. The van der Waals surface area contributed by atoms with Crippen molar-refractivity contribution in [3.8, 4) is 0 Å². The van der Waals surface area contributed by atoms with E-state index in [0.29, 0.717) is 11.8 Å². The van der Waals surface area contributed by atoms with E-state index in [2.05, 4.69) is 26.8 Å². The van der Waals surface area contributed by atoms with Gasteiger partial charge in [-0.15, -0.1) is 0 Å². The summed E-state index contributed by atoms with van der Waals surface area (Å²) in [5.41, 5.74) is 3.40. The van der Waals surface area contributed by atoms with Crippen molar-refractivity contribution in [1.29, 1.82) is 0 Å². The molecule has 252 valence electrons. The van der Waals surface area contributed by atoms with Crippen LogP contribution in [0, 0.1) is 0 Å². The van der Waals surface area contributed by atoms with Gasteiger partial charge in [0, 0.05) is 0 Å². The van der Waals surface area contributed by atoms with Crippen LogP contribution in [0.3, 0.4) is 0 Å². The van der Waals surface area contributed by atoms with Crippen LogP contribution in [0.1, 0.15) is 192 Å². The molecular formula is C40H67LiO3S. The van der Waals surface area contributed by atoms with E-state index in [1.165, 1.54) is 140 Å². The van der Waals surface area contributed by atoms with E-state index in [1.807, 2.05) is 18.2 Å². The second kappa shape index (κ2) is 26.2. The predicted octanol–water partition coefficient (Wildman–Crippen LogP) is 9.80. The quantitative estimate of drug-likeness (QED) is 0.0532. The van der Waals surface area contributed by atoms with Gasteiger partial charge >= 0.3 is 18.9 Å². The normalized spacial score (nSPS) is 11.7. The van der Waals surface area contributed by atoms with E-state index < -0.39 is 10.1 Å². The molecule has 0 saturated carbocycles. The third-order valence-electron chi connectivity index (χ3n) is 9.59. The van der Waals surface area contributed by atoms with Gasteiger partial charge < -0.3 is 4.55 Å². The van der Waals surface area contributed by atoms with Crippen LogP contribution in [0.15, 0.2) is 29.2 Å². The summed E-state index contributed by atoms with van der Waals surface area (Å²) in [6.07, 6.45) is 32.5. The molecule has 45 heavy (non-hydrogen) atoms. The number of hydrogen-bond donors (Lipinski definition) is 0. The molecule has 0 amide bonds. The molecule has 0 aliphatic rings. The molecule has 0 spiro atoms. The van der Waals surface area contributed by atoms with Gasteiger partial charge in [-0.05, 0) is 66.0 Å². The van der Waals surface area contributed by atoms with E-state index >= 15 is 0 Å². The van der Waals surface area contributed by atoms with Crippen LogP contribution in [0.2, 0.25) is 0 Å². The van der Waals surface area contributed by atoms with Crippen molar-refractivity contribution in [3.05, 3.63) is 41.0 Å². The summed E-state index contributed by atoms with van der Waals surface area (Å²) in [5, 5.41) is 1.66. The van der Waals surface area contributed by atoms with Gasteiger partial charge in [-0.1, -0.05) is 180 Å². The van der Waals surface area contributed by atoms with Crippen LogP contribution in [0.5, 0.6) is 0 Å². The third kappa shape index (κ3) is 16.7. The van der Waals surface area contributed by atoms with Crippen LogP contribution < -0.4 is 18.9 Å². The summed E-state index contributed by atoms with van der Waals surface area (Å²) in [4.78, 5) is 0.0882. The standard InChI is InChI=1S/C40H68O3S.Li/c1-4-7-10-13-16-19-22-25-30-35-36(31-26-23-20-17-14-11-8-5-2)38(33-27-24-21-18-15-12-9-6-3)40(44(41,42)43)39-34-29-28-32-37(35)39;/h28-29,32,34H,4-27,30-31,33H2,1-3H3,(H,41,42,43);/q;+1/p-1. The Morgan fingerprint density at radius 1 is 0.444 bits per heavy atom. The Hall–Kier alpha value is -0.793. The van der Waals surface area contributed by atoms with Crippen molar-refractivity contribution >= 4 is 20.9 Å². The molecule has 0 fully saturated rings. The topological polar surface area (TPSA) is 57.2 Å². The molecule has 3 nitrogen and oxygen atoms in total. The summed E-state index contributed by atoms with van der Waals surface area (Å²) >= 11 is 0. The zero-order valence-electron chi connectivity index (χ0n) is 30.0. The molecular weight excluding hydrogens is 567 g/mol. The molecule has 0 aliphatic carbocycles. The van der Waals surface area contributed by atoms with Crippen LogP contribution in [-0.2, 0) is 29.4 Å². The van der Waals surface area contributed by atoms with Gasteiger partial charge in [-0.25, -0.2) is 8.42 Å². The fourth-order valence-electron chi connectivity index (χ4n) is 7.03. The minimum Gasteiger partial charge on any atom is -0.744 e. The maximum Gasteiger partial charge on any atom is 1.00 e. The van der Waals surface area contributed by atoms with Gasteiger partial charge in [-0.2, -0.15) is 0 Å². The monoisotopic (exact) mass is 634 g/mol. The van der Waals surface area contributed by atoms with Crippen molar-refractivity contribution in [1.82, 2.24) is 0 Å². The van der Waals surface area contributed by atoms with Crippen LogP contribution >= 0.6 is 0 Å². The summed E-state index contributed by atoms with van der Waals surface area (Å²) in [7, 11) is -4.60. The van der Waals surface area contributed by atoms with Gasteiger partial charge in [0.25, 0.3) is 0 Å². The number of hydrogen-bond acceptors (Lipinski definition) is 3. The maximum atomic E-state index is 12.9. The first-order valence-electron chi connectivity index (χ1n) is 19.0. The smallest absolute Gasteiger partial charge is 0.744 e. The zero-order chi connectivity index (χ0) is 31.9. The summed E-state index contributed by atoms with van der Waals surface area (Å²) < 4.78 is 38.8. The molecule has 0 bridgehead atoms.